The Labute approximate surface area is 142 Å². The Bertz CT molecular complexity index is 957. The second-order valence-corrected chi connectivity index (χ2v) is 5.80. The molecule has 122 valence electrons. The zero-order valence-electron chi connectivity index (χ0n) is 13.0. The van der Waals surface area contributed by atoms with Gasteiger partial charge in [0.05, 0.1) is 21.7 Å². The Morgan fingerprint density at radius 2 is 1.60 bits per heavy atom. The van der Waals surface area contributed by atoms with Crippen molar-refractivity contribution in [3.63, 3.8) is 0 Å². The third-order valence-electron chi connectivity index (χ3n) is 4.37. The van der Waals surface area contributed by atoms with Gasteiger partial charge in [0.15, 0.2) is 0 Å². The van der Waals surface area contributed by atoms with Crippen LogP contribution in [0, 0.1) is 10.1 Å². The topological polar surface area (TPSA) is 80.5 Å². The second kappa shape index (κ2) is 5.52. The first-order valence-electron chi connectivity index (χ1n) is 7.69. The van der Waals surface area contributed by atoms with Gasteiger partial charge in [-0.3, -0.25) is 19.7 Å². The maximum absolute atomic E-state index is 12.7. The van der Waals surface area contributed by atoms with Crippen molar-refractivity contribution in [2.24, 2.45) is 0 Å². The molecular weight excluding hydrogens is 320 g/mol. The monoisotopic (exact) mass is 332 g/mol. The molecule has 0 spiro atoms. The summed E-state index contributed by atoms with van der Waals surface area (Å²) in [7, 11) is 0. The highest BCUT2D eigenvalue weighted by molar-refractivity contribution is 6.22. The standard InChI is InChI=1S/C19H12N2O4/c22-18-14-7-1-2-8-15(14)19(23)20(18)16-9-3-6-13-11-12(16)5-4-10-17(13)21(24)25/h1-10H,11H2. The number of nitro groups is 1. The molecule has 25 heavy (non-hydrogen) atoms. The van der Waals surface area contributed by atoms with E-state index in [1.54, 1.807) is 54.6 Å². The number of rotatable bonds is 2. The summed E-state index contributed by atoms with van der Waals surface area (Å²) in [5.41, 5.74) is 2.42. The minimum absolute atomic E-state index is 0.0134. The maximum atomic E-state index is 12.7. The number of hydrogen-bond acceptors (Lipinski definition) is 4. The molecule has 0 unspecified atom stereocenters. The van der Waals surface area contributed by atoms with Crippen LogP contribution < -0.4 is 0 Å². The van der Waals surface area contributed by atoms with Crippen molar-refractivity contribution >= 4 is 11.8 Å². The van der Waals surface area contributed by atoms with E-state index in [-0.39, 0.29) is 23.9 Å². The van der Waals surface area contributed by atoms with Crippen molar-refractivity contribution in [2.45, 2.75) is 6.42 Å². The summed E-state index contributed by atoms with van der Waals surface area (Å²) < 4.78 is 0. The molecule has 0 fully saturated rings. The largest absolute Gasteiger partial charge is 0.272 e. The van der Waals surface area contributed by atoms with Crippen LogP contribution in [-0.4, -0.2) is 21.6 Å². The first-order chi connectivity index (χ1) is 12.1. The SMILES string of the molecule is O=C1c2ccccc2C(=O)N1C1=CC=CC2=C([N+](=O)[O-])C=CC=C1C2. The van der Waals surface area contributed by atoms with E-state index in [9.17, 15) is 19.7 Å². The van der Waals surface area contributed by atoms with Gasteiger partial charge in [0.1, 0.15) is 0 Å². The van der Waals surface area contributed by atoms with Crippen LogP contribution in [0.1, 0.15) is 27.1 Å². The molecule has 4 rings (SSSR count). The number of carbonyl (C=O) groups excluding carboxylic acids is 2. The lowest BCUT2D eigenvalue weighted by molar-refractivity contribution is -0.420. The van der Waals surface area contributed by atoms with Crippen LogP contribution in [-0.2, 0) is 0 Å². The molecule has 2 amide bonds. The predicted octanol–water partition coefficient (Wildman–Crippen LogP) is 3.15. The van der Waals surface area contributed by atoms with Crippen LogP contribution in [0.15, 0.2) is 83.3 Å². The fraction of sp³-hybridized carbons (Fsp3) is 0.0526. The number of nitrogens with zero attached hydrogens (tertiary/aromatic N) is 2. The van der Waals surface area contributed by atoms with Crippen molar-refractivity contribution in [2.75, 3.05) is 0 Å². The van der Waals surface area contributed by atoms with Crippen LogP contribution in [0.25, 0.3) is 0 Å². The smallest absolute Gasteiger partial charge is 0.268 e. The summed E-state index contributed by atoms with van der Waals surface area (Å²) in [6, 6.07) is 6.68. The average molecular weight is 332 g/mol. The second-order valence-electron chi connectivity index (χ2n) is 5.80. The fourth-order valence-electron chi connectivity index (χ4n) is 3.20. The summed E-state index contributed by atoms with van der Waals surface area (Å²) in [4.78, 5) is 37.4. The lowest BCUT2D eigenvalue weighted by Gasteiger charge is -2.19. The number of fused-ring (bicyclic) bond motifs is 3. The van der Waals surface area contributed by atoms with E-state index in [2.05, 4.69) is 0 Å². The molecule has 3 aliphatic rings. The van der Waals surface area contributed by atoms with E-state index in [4.69, 9.17) is 0 Å². The van der Waals surface area contributed by atoms with Crippen LogP contribution in [0.3, 0.4) is 0 Å². The number of allylic oxidation sites excluding steroid dienone is 8. The van der Waals surface area contributed by atoms with Crippen molar-refractivity contribution in [1.82, 2.24) is 4.90 Å². The zero-order valence-corrected chi connectivity index (χ0v) is 13.0. The Morgan fingerprint density at radius 3 is 2.24 bits per heavy atom. The minimum atomic E-state index is -0.431. The molecule has 2 aliphatic carbocycles. The first-order valence-corrected chi connectivity index (χ1v) is 7.69. The highest BCUT2D eigenvalue weighted by Gasteiger charge is 2.38. The molecule has 1 heterocycles. The van der Waals surface area contributed by atoms with Crippen molar-refractivity contribution in [1.29, 1.82) is 0 Å². The summed E-state index contributed by atoms with van der Waals surface area (Å²) in [5.74, 6) is -0.757. The molecular formula is C19H12N2O4. The van der Waals surface area contributed by atoms with Crippen molar-refractivity contribution in [3.8, 4) is 0 Å². The molecule has 6 nitrogen and oxygen atoms in total. The summed E-state index contributed by atoms with van der Waals surface area (Å²) in [6.45, 7) is 0. The van der Waals surface area contributed by atoms with Crippen molar-refractivity contribution < 1.29 is 14.5 Å². The Balaban J connectivity index is 1.79. The van der Waals surface area contributed by atoms with Gasteiger partial charge in [-0.15, -0.1) is 0 Å². The molecule has 0 radical (unpaired) electrons. The zero-order chi connectivity index (χ0) is 17.6. The van der Waals surface area contributed by atoms with Crippen molar-refractivity contribution in [3.05, 3.63) is 105 Å². The van der Waals surface area contributed by atoms with Gasteiger partial charge in [0.2, 0.25) is 0 Å². The number of carbonyl (C=O) groups is 2. The van der Waals surface area contributed by atoms with Gasteiger partial charge in [-0.2, -0.15) is 0 Å². The van der Waals surface area contributed by atoms with Gasteiger partial charge in [0.25, 0.3) is 17.5 Å². The minimum Gasteiger partial charge on any atom is -0.268 e. The maximum Gasteiger partial charge on any atom is 0.272 e. The van der Waals surface area contributed by atoms with Gasteiger partial charge in [-0.25, -0.2) is 4.90 Å². The Morgan fingerprint density at radius 1 is 0.960 bits per heavy atom. The van der Waals surface area contributed by atoms with E-state index in [0.29, 0.717) is 28.0 Å². The lowest BCUT2D eigenvalue weighted by Crippen LogP contribution is -2.29. The van der Waals surface area contributed by atoms with Crippen LogP contribution in [0.4, 0.5) is 0 Å². The van der Waals surface area contributed by atoms with E-state index >= 15 is 0 Å². The molecule has 0 N–H and O–H groups in total. The van der Waals surface area contributed by atoms with Gasteiger partial charge in [-0.1, -0.05) is 36.4 Å². The van der Waals surface area contributed by atoms with Crippen LogP contribution in [0.2, 0.25) is 0 Å². The third-order valence-corrected chi connectivity index (χ3v) is 4.37. The molecule has 0 saturated carbocycles. The molecule has 0 saturated heterocycles. The molecule has 1 aromatic rings. The summed E-state index contributed by atoms with van der Waals surface area (Å²) in [6.07, 6.45) is 9.92. The number of amides is 2. The number of hydrogen-bond donors (Lipinski definition) is 0. The van der Waals surface area contributed by atoms with E-state index in [1.807, 2.05) is 0 Å². The molecule has 6 heteroatoms. The Hall–Kier alpha value is -3.54. The number of imide groups is 1. The lowest BCUT2D eigenvalue weighted by atomic mass is 10.0. The third kappa shape index (κ3) is 2.27. The van der Waals surface area contributed by atoms with Gasteiger partial charge < -0.3 is 0 Å². The quantitative estimate of drug-likeness (QED) is 0.473. The fourth-order valence-corrected chi connectivity index (χ4v) is 3.20. The van der Waals surface area contributed by atoms with Gasteiger partial charge in [-0.05, 0) is 23.8 Å². The Kier molecular flexibility index (Phi) is 3.32. The van der Waals surface area contributed by atoms with E-state index < -0.39 is 4.92 Å². The number of benzene rings is 1. The summed E-state index contributed by atoms with van der Waals surface area (Å²) in [5, 5.41) is 11.2. The highest BCUT2D eigenvalue weighted by Crippen LogP contribution is 2.35. The average Bonchev–Trinajstić information content (AvgIpc) is 2.82. The molecule has 2 bridgehead atoms. The molecule has 0 atom stereocenters. The first kappa shape index (κ1) is 15.0. The molecule has 1 aliphatic heterocycles. The normalized spacial score (nSPS) is 18.6. The molecule has 0 aromatic heterocycles. The van der Waals surface area contributed by atoms with Gasteiger partial charge in [0, 0.05) is 18.1 Å². The predicted molar refractivity (Wildman–Crippen MR) is 90.0 cm³/mol. The van der Waals surface area contributed by atoms with Crippen LogP contribution >= 0.6 is 0 Å². The van der Waals surface area contributed by atoms with Gasteiger partial charge >= 0.3 is 0 Å². The highest BCUT2D eigenvalue weighted by atomic mass is 16.6. The van der Waals surface area contributed by atoms with Crippen LogP contribution in [0.5, 0.6) is 0 Å². The summed E-state index contributed by atoms with van der Waals surface area (Å²) >= 11 is 0. The van der Waals surface area contributed by atoms with E-state index in [0.717, 1.165) is 4.90 Å². The van der Waals surface area contributed by atoms with E-state index in [1.165, 1.54) is 6.08 Å². The molecule has 1 aromatic carbocycles.